The number of carbonyl (C=O) groups excluding carboxylic acids is 1. The van der Waals surface area contributed by atoms with E-state index in [2.05, 4.69) is 71.0 Å². The van der Waals surface area contributed by atoms with Gasteiger partial charge in [-0.3, -0.25) is 9.69 Å². The molecule has 1 aromatic heterocycles. The van der Waals surface area contributed by atoms with E-state index >= 15 is 0 Å². The lowest BCUT2D eigenvalue weighted by atomic mass is 9.70. The van der Waals surface area contributed by atoms with Crippen LogP contribution in [0.5, 0.6) is 0 Å². The molecule has 3 aliphatic heterocycles. The second-order valence-corrected chi connectivity index (χ2v) is 15.8. The number of hydrogen-bond acceptors (Lipinski definition) is 5. The van der Waals surface area contributed by atoms with Gasteiger partial charge in [0.2, 0.25) is 15.9 Å². The van der Waals surface area contributed by atoms with Crippen molar-refractivity contribution in [1.29, 1.82) is 0 Å². The van der Waals surface area contributed by atoms with E-state index in [1.54, 1.807) is 0 Å². The number of carbonyl (C=O) groups is 1. The van der Waals surface area contributed by atoms with Crippen molar-refractivity contribution in [2.75, 3.05) is 19.6 Å². The Balaban J connectivity index is 0.980. The fourth-order valence-electron chi connectivity index (χ4n) is 9.02. The molecule has 0 radical (unpaired) electrons. The van der Waals surface area contributed by atoms with Crippen LogP contribution >= 0.6 is 0 Å². The minimum absolute atomic E-state index is 0.00159. The van der Waals surface area contributed by atoms with Crippen molar-refractivity contribution in [3.05, 3.63) is 95.3 Å². The van der Waals surface area contributed by atoms with Gasteiger partial charge in [-0.15, -0.1) is 0 Å². The van der Waals surface area contributed by atoms with Crippen LogP contribution in [0.3, 0.4) is 0 Å². The molecule has 0 saturated carbocycles. The predicted molar refractivity (Wildman–Crippen MR) is 185 cm³/mol. The third-order valence-electron chi connectivity index (χ3n) is 11.5. The summed E-state index contributed by atoms with van der Waals surface area (Å²) in [6.07, 6.45) is 8.17. The van der Waals surface area contributed by atoms with E-state index in [1.807, 2.05) is 4.90 Å². The molecule has 3 saturated heterocycles. The maximum atomic E-state index is 14.4. The lowest BCUT2D eigenvalue weighted by Crippen LogP contribution is -2.49. The van der Waals surface area contributed by atoms with Crippen molar-refractivity contribution >= 4 is 27.0 Å². The number of nitrogens with zero attached hydrogens (tertiary/aromatic N) is 4. The number of fused-ring (bicyclic) bond motifs is 3. The second-order valence-electron chi connectivity index (χ2n) is 14.3. The first-order valence-corrected chi connectivity index (χ1v) is 19.1. The molecule has 260 valence electrons. The average Bonchev–Trinajstić information content (AvgIpc) is 3.54. The number of piperidine rings is 2. The number of aromatic nitrogens is 2. The van der Waals surface area contributed by atoms with E-state index in [4.69, 9.17) is 10.1 Å². The molecule has 0 aliphatic carbocycles. The van der Waals surface area contributed by atoms with E-state index in [-0.39, 0.29) is 29.7 Å². The molecule has 2 unspecified atom stereocenters. The number of likely N-dealkylation sites (tertiary alicyclic amines) is 1. The Morgan fingerprint density at radius 2 is 1.61 bits per heavy atom. The van der Waals surface area contributed by atoms with E-state index in [1.165, 1.54) is 23.9 Å². The van der Waals surface area contributed by atoms with Gasteiger partial charge in [-0.2, -0.15) is 0 Å². The van der Waals surface area contributed by atoms with Crippen LogP contribution < -0.4 is 5.14 Å². The number of primary sulfonamides is 1. The second kappa shape index (κ2) is 13.6. The number of rotatable bonds is 10. The molecule has 49 heavy (non-hydrogen) atoms. The van der Waals surface area contributed by atoms with E-state index < -0.39 is 26.6 Å². The summed E-state index contributed by atoms with van der Waals surface area (Å²) in [5.74, 6) is -0.961. The van der Waals surface area contributed by atoms with Crippen molar-refractivity contribution in [1.82, 2.24) is 19.4 Å². The molecule has 2 N–H and O–H groups in total. The van der Waals surface area contributed by atoms with Gasteiger partial charge in [-0.05, 0) is 106 Å². The first kappa shape index (κ1) is 33.8. The molecular weight excluding hydrogens is 645 g/mol. The summed E-state index contributed by atoms with van der Waals surface area (Å²) in [5, 5.41) is 5.08. The SMILES string of the molecule is Cc1nc2ccccc2n1C1CC2CCC(C1)N2CCC1(c2ccccc2)CCN(C(=O)CCCc2cc(S(N)(=O)=O)c(F)cc2F)CC1. The van der Waals surface area contributed by atoms with Crippen molar-refractivity contribution in [3.63, 3.8) is 0 Å². The van der Waals surface area contributed by atoms with Gasteiger partial charge in [0, 0.05) is 43.7 Å². The van der Waals surface area contributed by atoms with Crippen molar-refractivity contribution in [3.8, 4) is 0 Å². The summed E-state index contributed by atoms with van der Waals surface area (Å²) in [7, 11) is -4.32. The Hall–Kier alpha value is -3.67. The summed E-state index contributed by atoms with van der Waals surface area (Å²) in [5.41, 5.74) is 3.66. The summed E-state index contributed by atoms with van der Waals surface area (Å²) in [6, 6.07) is 22.3. The number of halogens is 2. The topological polar surface area (TPSA) is 102 Å². The largest absolute Gasteiger partial charge is 0.343 e. The Morgan fingerprint density at radius 1 is 0.939 bits per heavy atom. The third-order valence-corrected chi connectivity index (χ3v) is 12.5. The number of para-hydroxylation sites is 2. The molecule has 7 rings (SSSR count). The molecule has 3 fully saturated rings. The normalized spacial score (nSPS) is 22.5. The van der Waals surface area contributed by atoms with Crippen LogP contribution in [-0.2, 0) is 26.7 Å². The first-order valence-electron chi connectivity index (χ1n) is 17.6. The zero-order chi connectivity index (χ0) is 34.3. The Bertz CT molecular complexity index is 1930. The predicted octanol–water partition coefficient (Wildman–Crippen LogP) is 6.41. The molecule has 2 atom stereocenters. The highest BCUT2D eigenvalue weighted by Gasteiger charge is 2.44. The summed E-state index contributed by atoms with van der Waals surface area (Å²) in [4.78, 5) is 22.1. The third kappa shape index (κ3) is 6.77. The molecule has 2 bridgehead atoms. The standard InChI is InChI=1S/C38H45F2N5O3S/c1-26-42-34-11-5-6-12-35(34)45(26)31-23-29-14-15-30(24-31)44(29)21-18-38(28-9-3-2-4-10-28)16-19-43(20-17-38)37(46)13-7-8-27-22-36(49(41,47)48)33(40)25-32(27)39/h2-6,9-12,22,25,29-31H,7-8,13-21,23-24H2,1H3,(H2,41,47,48). The fraction of sp³-hybridized carbons (Fsp3) is 0.474. The van der Waals surface area contributed by atoms with Gasteiger partial charge in [-0.1, -0.05) is 42.5 Å². The van der Waals surface area contributed by atoms with Gasteiger partial charge < -0.3 is 9.47 Å². The lowest BCUT2D eigenvalue weighted by Gasteiger charge is -2.45. The summed E-state index contributed by atoms with van der Waals surface area (Å²) in [6.45, 7) is 4.47. The number of aryl methyl sites for hydroxylation is 2. The highest BCUT2D eigenvalue weighted by atomic mass is 32.2. The van der Waals surface area contributed by atoms with Crippen molar-refractivity contribution < 1.29 is 22.0 Å². The van der Waals surface area contributed by atoms with Crippen LogP contribution in [0.1, 0.15) is 80.8 Å². The molecule has 4 aromatic rings. The number of sulfonamides is 1. The molecule has 4 heterocycles. The van der Waals surface area contributed by atoms with Crippen LogP contribution in [0.4, 0.5) is 8.78 Å². The Labute approximate surface area is 287 Å². The molecule has 11 heteroatoms. The maximum absolute atomic E-state index is 14.4. The molecule has 3 aromatic carbocycles. The summed E-state index contributed by atoms with van der Waals surface area (Å²) >= 11 is 0. The number of nitrogens with two attached hydrogens (primary N) is 1. The molecule has 0 spiro atoms. The Morgan fingerprint density at radius 3 is 2.31 bits per heavy atom. The molecular formula is C38H45F2N5O3S. The van der Waals surface area contributed by atoms with Gasteiger partial charge in [0.1, 0.15) is 22.4 Å². The van der Waals surface area contributed by atoms with Crippen LogP contribution in [0.15, 0.2) is 71.6 Å². The first-order chi connectivity index (χ1) is 23.5. The highest BCUT2D eigenvalue weighted by Crippen LogP contribution is 2.45. The van der Waals surface area contributed by atoms with E-state index in [9.17, 15) is 22.0 Å². The van der Waals surface area contributed by atoms with Crippen LogP contribution in [-0.4, -0.2) is 65.4 Å². The van der Waals surface area contributed by atoms with Crippen LogP contribution in [0.25, 0.3) is 11.0 Å². The van der Waals surface area contributed by atoms with Gasteiger partial charge in [-0.25, -0.2) is 27.3 Å². The number of benzene rings is 3. The maximum Gasteiger partial charge on any atom is 0.240 e. The van der Waals surface area contributed by atoms with Gasteiger partial charge in [0.05, 0.1) is 11.0 Å². The fourth-order valence-corrected chi connectivity index (χ4v) is 9.66. The minimum Gasteiger partial charge on any atom is -0.343 e. The minimum atomic E-state index is -4.32. The average molecular weight is 690 g/mol. The molecule has 3 aliphatic rings. The van der Waals surface area contributed by atoms with Crippen LogP contribution in [0, 0.1) is 18.6 Å². The number of imidazole rings is 1. The van der Waals surface area contributed by atoms with Gasteiger partial charge >= 0.3 is 0 Å². The lowest BCUT2D eigenvalue weighted by molar-refractivity contribution is -0.133. The van der Waals surface area contributed by atoms with E-state index in [0.717, 1.165) is 56.1 Å². The quantitative estimate of drug-likeness (QED) is 0.207. The monoisotopic (exact) mass is 689 g/mol. The molecule has 1 amide bonds. The highest BCUT2D eigenvalue weighted by molar-refractivity contribution is 7.89. The van der Waals surface area contributed by atoms with Gasteiger partial charge in [0.15, 0.2) is 0 Å². The van der Waals surface area contributed by atoms with Crippen molar-refractivity contribution in [2.45, 2.75) is 99.6 Å². The van der Waals surface area contributed by atoms with E-state index in [0.29, 0.717) is 43.7 Å². The van der Waals surface area contributed by atoms with Crippen LogP contribution in [0.2, 0.25) is 0 Å². The number of amides is 1. The zero-order valence-corrected chi connectivity index (χ0v) is 28.8. The molecule has 8 nitrogen and oxygen atoms in total. The Kier molecular flexibility index (Phi) is 9.36. The zero-order valence-electron chi connectivity index (χ0n) is 28.0. The summed E-state index contributed by atoms with van der Waals surface area (Å²) < 4.78 is 54.2. The number of hydrogen-bond donors (Lipinski definition) is 1. The smallest absolute Gasteiger partial charge is 0.240 e. The van der Waals surface area contributed by atoms with Crippen molar-refractivity contribution in [2.24, 2.45) is 5.14 Å². The van der Waals surface area contributed by atoms with Gasteiger partial charge in [0.25, 0.3) is 0 Å².